The van der Waals surface area contributed by atoms with Crippen LogP contribution >= 0.6 is 0 Å². The largest absolute Gasteiger partial charge is 0.444 e. The fourth-order valence-corrected chi connectivity index (χ4v) is 1.33. The van der Waals surface area contributed by atoms with Gasteiger partial charge in [-0.1, -0.05) is 0 Å². The summed E-state index contributed by atoms with van der Waals surface area (Å²) < 4.78 is 43.6. The molecule has 0 aromatic heterocycles. The van der Waals surface area contributed by atoms with Crippen molar-refractivity contribution in [2.24, 2.45) is 0 Å². The third-order valence-corrected chi connectivity index (χ3v) is 2.26. The van der Waals surface area contributed by atoms with Crippen LogP contribution in [0.15, 0.2) is 11.4 Å². The van der Waals surface area contributed by atoms with Crippen molar-refractivity contribution >= 4 is 12.3 Å². The summed E-state index contributed by atoms with van der Waals surface area (Å²) in [6.45, 7) is 4.77. The van der Waals surface area contributed by atoms with E-state index in [2.05, 4.69) is 5.32 Å². The molecule has 1 aliphatic carbocycles. The molecule has 1 amide bonds. The second-order valence-corrected chi connectivity index (χ2v) is 5.48. The molecule has 0 atom stereocenters. The van der Waals surface area contributed by atoms with Gasteiger partial charge in [-0.2, -0.15) is 13.2 Å². The number of rotatable bonds is 4. The monoisotopic (exact) mass is 293 g/mol. The zero-order valence-corrected chi connectivity index (χ0v) is 11.5. The first-order chi connectivity index (χ1) is 9.03. The Morgan fingerprint density at radius 1 is 1.30 bits per heavy atom. The van der Waals surface area contributed by atoms with Crippen molar-refractivity contribution in [2.75, 3.05) is 0 Å². The Balaban J connectivity index is 2.89. The van der Waals surface area contributed by atoms with Gasteiger partial charge >= 0.3 is 12.3 Å². The van der Waals surface area contributed by atoms with Crippen LogP contribution in [-0.4, -0.2) is 30.1 Å². The second-order valence-electron chi connectivity index (χ2n) is 5.48. The van der Waals surface area contributed by atoms with Crippen LogP contribution in [-0.2, 0) is 4.74 Å². The van der Waals surface area contributed by atoms with Gasteiger partial charge in [-0.05, 0) is 33.6 Å². The number of alkyl carbamates (subject to hydrolysis) is 1. The number of nitrogens with one attached hydrogen (secondary N) is 3. The van der Waals surface area contributed by atoms with Gasteiger partial charge in [0.25, 0.3) is 0 Å². The number of allylic oxidation sites excluding steroid dienone is 2. The van der Waals surface area contributed by atoms with Crippen molar-refractivity contribution in [1.82, 2.24) is 10.6 Å². The molecule has 1 fully saturated rings. The van der Waals surface area contributed by atoms with Gasteiger partial charge in [0, 0.05) is 12.3 Å². The van der Waals surface area contributed by atoms with E-state index in [1.165, 1.54) is 0 Å². The van der Waals surface area contributed by atoms with Gasteiger partial charge < -0.3 is 15.5 Å². The molecule has 0 bridgehead atoms. The van der Waals surface area contributed by atoms with Crippen LogP contribution in [0.2, 0.25) is 0 Å². The topological polar surface area (TPSA) is 74.2 Å². The van der Waals surface area contributed by atoms with E-state index in [4.69, 9.17) is 10.1 Å². The van der Waals surface area contributed by atoms with Crippen LogP contribution in [0.3, 0.4) is 0 Å². The summed E-state index contributed by atoms with van der Waals surface area (Å²) in [5, 5.41) is 11.3. The molecule has 0 radical (unpaired) electrons. The van der Waals surface area contributed by atoms with Crippen molar-refractivity contribution in [3.63, 3.8) is 0 Å². The lowest BCUT2D eigenvalue weighted by Crippen LogP contribution is -2.38. The molecule has 20 heavy (non-hydrogen) atoms. The molecule has 1 rings (SSSR count). The summed E-state index contributed by atoms with van der Waals surface area (Å²) in [7, 11) is 0. The normalized spacial score (nSPS) is 17.1. The molecule has 5 nitrogen and oxygen atoms in total. The summed E-state index contributed by atoms with van der Waals surface area (Å²) >= 11 is 0. The van der Waals surface area contributed by atoms with Gasteiger partial charge in [0.2, 0.25) is 0 Å². The predicted molar refractivity (Wildman–Crippen MR) is 67.4 cm³/mol. The van der Waals surface area contributed by atoms with Crippen LogP contribution in [0.1, 0.15) is 33.6 Å². The number of amides is 1. The van der Waals surface area contributed by atoms with Crippen molar-refractivity contribution in [3.8, 4) is 0 Å². The van der Waals surface area contributed by atoms with Gasteiger partial charge in [-0.15, -0.1) is 0 Å². The summed E-state index contributed by atoms with van der Waals surface area (Å²) in [6.07, 6.45) is -3.99. The molecule has 0 saturated heterocycles. The zero-order chi connectivity index (χ0) is 15.6. The minimum atomic E-state index is -4.68. The van der Waals surface area contributed by atoms with E-state index in [0.717, 1.165) is 0 Å². The molecule has 3 N–H and O–H groups in total. The molecule has 0 aliphatic heterocycles. The Morgan fingerprint density at radius 2 is 1.85 bits per heavy atom. The van der Waals surface area contributed by atoms with Gasteiger partial charge in [0.15, 0.2) is 0 Å². The highest BCUT2D eigenvalue weighted by molar-refractivity contribution is 5.84. The maximum Gasteiger partial charge on any atom is 0.433 e. The minimum absolute atomic E-state index is 0.262. The highest BCUT2D eigenvalue weighted by atomic mass is 19.4. The first-order valence-corrected chi connectivity index (χ1v) is 6.11. The van der Waals surface area contributed by atoms with Gasteiger partial charge in [0.1, 0.15) is 11.3 Å². The van der Waals surface area contributed by atoms with Crippen LogP contribution in [0.5, 0.6) is 0 Å². The Bertz CT molecular complexity index is 421. The molecule has 1 saturated carbocycles. The molecular weight excluding hydrogens is 275 g/mol. The lowest BCUT2D eigenvalue weighted by Gasteiger charge is -2.21. The van der Waals surface area contributed by atoms with E-state index >= 15 is 0 Å². The Kier molecular flexibility index (Phi) is 4.67. The summed E-state index contributed by atoms with van der Waals surface area (Å²) in [5.74, 6) is 0. The molecule has 0 spiro atoms. The number of alkyl halides is 3. The van der Waals surface area contributed by atoms with E-state index in [-0.39, 0.29) is 6.04 Å². The second kappa shape index (κ2) is 5.72. The van der Waals surface area contributed by atoms with Crippen molar-refractivity contribution in [3.05, 3.63) is 11.4 Å². The Morgan fingerprint density at radius 3 is 2.20 bits per heavy atom. The first kappa shape index (κ1) is 16.3. The van der Waals surface area contributed by atoms with E-state index < -0.39 is 29.3 Å². The highest BCUT2D eigenvalue weighted by Crippen LogP contribution is 2.30. The van der Waals surface area contributed by atoms with Crippen molar-refractivity contribution in [2.45, 2.75) is 51.4 Å². The van der Waals surface area contributed by atoms with Gasteiger partial charge in [-0.25, -0.2) is 4.79 Å². The number of halogens is 3. The Labute approximate surface area is 115 Å². The lowest BCUT2D eigenvalue weighted by molar-refractivity contribution is -0.0977. The molecule has 1 aliphatic rings. The Hall–Kier alpha value is -1.73. The van der Waals surface area contributed by atoms with Gasteiger partial charge in [-0.3, -0.25) is 5.32 Å². The average Bonchev–Trinajstić information content (AvgIpc) is 3.02. The van der Waals surface area contributed by atoms with Crippen molar-refractivity contribution < 1.29 is 22.7 Å². The maximum absolute atomic E-state index is 12.9. The fourth-order valence-electron chi connectivity index (χ4n) is 1.33. The zero-order valence-electron chi connectivity index (χ0n) is 11.5. The minimum Gasteiger partial charge on any atom is -0.444 e. The molecule has 0 aromatic rings. The van der Waals surface area contributed by atoms with Crippen molar-refractivity contribution in [1.29, 1.82) is 5.41 Å². The number of carbonyl (C=O) groups is 1. The quantitative estimate of drug-likeness (QED) is 0.698. The molecular formula is C12H18F3N3O2. The third-order valence-electron chi connectivity index (χ3n) is 2.26. The van der Waals surface area contributed by atoms with Crippen LogP contribution in [0.4, 0.5) is 18.0 Å². The van der Waals surface area contributed by atoms with E-state index in [1.54, 1.807) is 20.8 Å². The number of hydrogen-bond donors (Lipinski definition) is 3. The molecule has 0 heterocycles. The number of carbonyl (C=O) groups excluding carboxylic acids is 1. The standard InChI is InChI=1S/C12H18F3N3O2/c1-11(2,3)20-10(19)18-8(6-16)9(12(13,14)15)17-7-4-5-7/h6-7,16-17H,4-5H2,1-3H3,(H,18,19)/b9-8+,16-6?. The maximum atomic E-state index is 12.9. The number of hydrogen-bond acceptors (Lipinski definition) is 4. The lowest BCUT2D eigenvalue weighted by atomic mass is 10.2. The van der Waals surface area contributed by atoms with Gasteiger partial charge in [0.05, 0.1) is 5.70 Å². The van der Waals surface area contributed by atoms with Crippen LogP contribution in [0, 0.1) is 5.41 Å². The molecule has 0 unspecified atom stereocenters. The van der Waals surface area contributed by atoms with Crippen LogP contribution in [0.25, 0.3) is 0 Å². The van der Waals surface area contributed by atoms with E-state index in [0.29, 0.717) is 19.1 Å². The highest BCUT2D eigenvalue weighted by Gasteiger charge is 2.40. The molecule has 114 valence electrons. The molecule has 8 heteroatoms. The predicted octanol–water partition coefficient (Wildman–Crippen LogP) is 2.69. The van der Waals surface area contributed by atoms with E-state index in [9.17, 15) is 18.0 Å². The molecule has 0 aromatic carbocycles. The summed E-state index contributed by atoms with van der Waals surface area (Å²) in [5.41, 5.74) is -2.61. The smallest absolute Gasteiger partial charge is 0.433 e. The first-order valence-electron chi connectivity index (χ1n) is 6.11. The average molecular weight is 293 g/mol. The summed E-state index contributed by atoms with van der Waals surface area (Å²) in [4.78, 5) is 11.5. The number of ether oxygens (including phenoxy) is 1. The SMILES string of the molecule is CC(C)(C)OC(=O)N/C(C=N)=C(/NC1CC1)C(F)(F)F. The van der Waals surface area contributed by atoms with Crippen LogP contribution < -0.4 is 10.6 Å². The third kappa shape index (κ3) is 5.50. The van der Waals surface area contributed by atoms with E-state index in [1.807, 2.05) is 5.32 Å². The summed E-state index contributed by atoms with van der Waals surface area (Å²) in [6, 6.07) is -0.262. The fraction of sp³-hybridized carbons (Fsp3) is 0.667.